The number of Topliss-reactive ketones (excluding diaryl/α,β-unsaturated/α-hetero) is 1. The highest BCUT2D eigenvalue weighted by molar-refractivity contribution is 8.01. The van der Waals surface area contributed by atoms with Crippen molar-refractivity contribution in [1.82, 2.24) is 4.98 Å². The van der Waals surface area contributed by atoms with Crippen molar-refractivity contribution < 1.29 is 9.59 Å². The van der Waals surface area contributed by atoms with Gasteiger partial charge in [-0.1, -0.05) is 36.0 Å². The van der Waals surface area contributed by atoms with Crippen LogP contribution in [0.15, 0.2) is 51.5 Å². The van der Waals surface area contributed by atoms with E-state index in [0.717, 1.165) is 26.2 Å². The Morgan fingerprint density at radius 2 is 2.00 bits per heavy atom. The second kappa shape index (κ2) is 8.42. The van der Waals surface area contributed by atoms with Crippen molar-refractivity contribution in [2.75, 3.05) is 11.1 Å². The summed E-state index contributed by atoms with van der Waals surface area (Å²) < 4.78 is 0.809. The van der Waals surface area contributed by atoms with Gasteiger partial charge in [-0.25, -0.2) is 4.98 Å². The van der Waals surface area contributed by atoms with Gasteiger partial charge in [0.05, 0.1) is 22.7 Å². The van der Waals surface area contributed by atoms with Crippen molar-refractivity contribution in [3.63, 3.8) is 0 Å². The standard InChI is InChI=1S/C18H16N2O2S3/c1-12-5-2-3-6-14(12)20-17(22)9-13-10-24-18(19-13)25-11-15(21)16-7-4-8-23-16/h2-8,10H,9,11H2,1H3,(H,20,22). The van der Waals surface area contributed by atoms with Gasteiger partial charge in [-0.2, -0.15) is 0 Å². The summed E-state index contributed by atoms with van der Waals surface area (Å²) in [5, 5.41) is 6.67. The molecule has 3 rings (SSSR count). The van der Waals surface area contributed by atoms with Gasteiger partial charge in [-0.05, 0) is 30.0 Å². The Morgan fingerprint density at radius 1 is 1.16 bits per heavy atom. The minimum absolute atomic E-state index is 0.0918. The molecular formula is C18H16N2O2S3. The molecule has 0 aliphatic heterocycles. The summed E-state index contributed by atoms with van der Waals surface area (Å²) >= 11 is 4.33. The zero-order valence-corrected chi connectivity index (χ0v) is 16.0. The maximum Gasteiger partial charge on any atom is 0.230 e. The Morgan fingerprint density at radius 3 is 2.76 bits per heavy atom. The second-order valence-corrected chi connectivity index (χ2v) is 8.36. The van der Waals surface area contributed by atoms with E-state index in [-0.39, 0.29) is 18.1 Å². The number of thiophene rings is 1. The van der Waals surface area contributed by atoms with E-state index in [1.54, 1.807) is 0 Å². The van der Waals surface area contributed by atoms with Crippen LogP contribution in [0.2, 0.25) is 0 Å². The van der Waals surface area contributed by atoms with E-state index in [1.165, 1.54) is 34.4 Å². The van der Waals surface area contributed by atoms with Gasteiger partial charge in [0, 0.05) is 11.1 Å². The Bertz CT molecular complexity index is 872. The summed E-state index contributed by atoms with van der Waals surface area (Å²) in [5.74, 6) is 0.378. The summed E-state index contributed by atoms with van der Waals surface area (Å²) in [5.41, 5.74) is 2.57. The number of nitrogens with one attached hydrogen (secondary N) is 1. The Hall–Kier alpha value is -1.96. The number of hydrogen-bond acceptors (Lipinski definition) is 6. The first-order valence-electron chi connectivity index (χ1n) is 7.61. The van der Waals surface area contributed by atoms with Crippen LogP contribution in [0, 0.1) is 6.92 Å². The largest absolute Gasteiger partial charge is 0.326 e. The molecule has 0 spiro atoms. The number of para-hydroxylation sites is 1. The van der Waals surface area contributed by atoms with E-state index < -0.39 is 0 Å². The third-order valence-electron chi connectivity index (χ3n) is 3.41. The lowest BCUT2D eigenvalue weighted by Crippen LogP contribution is -2.15. The van der Waals surface area contributed by atoms with E-state index in [2.05, 4.69) is 10.3 Å². The van der Waals surface area contributed by atoms with Crippen LogP contribution in [-0.4, -0.2) is 22.4 Å². The number of thioether (sulfide) groups is 1. The van der Waals surface area contributed by atoms with Gasteiger partial charge in [0.25, 0.3) is 0 Å². The molecule has 0 unspecified atom stereocenters. The highest BCUT2D eigenvalue weighted by Gasteiger charge is 2.12. The Labute approximate surface area is 158 Å². The normalized spacial score (nSPS) is 10.6. The molecule has 1 N–H and O–H groups in total. The zero-order valence-electron chi connectivity index (χ0n) is 13.5. The fourth-order valence-electron chi connectivity index (χ4n) is 2.14. The highest BCUT2D eigenvalue weighted by atomic mass is 32.2. The van der Waals surface area contributed by atoms with E-state index in [4.69, 9.17) is 0 Å². The van der Waals surface area contributed by atoms with E-state index in [9.17, 15) is 9.59 Å². The molecule has 1 amide bonds. The van der Waals surface area contributed by atoms with Crippen LogP contribution in [0.25, 0.3) is 0 Å². The molecule has 3 aromatic rings. The van der Waals surface area contributed by atoms with Gasteiger partial charge in [0.1, 0.15) is 0 Å². The Balaban J connectivity index is 1.52. The smallest absolute Gasteiger partial charge is 0.230 e. The number of rotatable bonds is 7. The maximum absolute atomic E-state index is 12.2. The number of anilines is 1. The number of nitrogens with zero attached hydrogens (tertiary/aromatic N) is 1. The molecule has 0 fully saturated rings. The van der Waals surface area contributed by atoms with Gasteiger partial charge in [0.2, 0.25) is 5.91 Å². The average Bonchev–Trinajstić information content (AvgIpc) is 3.26. The van der Waals surface area contributed by atoms with Crippen LogP contribution in [0.5, 0.6) is 0 Å². The zero-order chi connectivity index (χ0) is 17.6. The second-order valence-electron chi connectivity index (χ2n) is 5.33. The molecule has 7 heteroatoms. The van der Waals surface area contributed by atoms with Crippen molar-refractivity contribution in [1.29, 1.82) is 0 Å². The topological polar surface area (TPSA) is 59.1 Å². The number of ketones is 1. The summed E-state index contributed by atoms with van der Waals surface area (Å²) in [4.78, 5) is 29.4. The van der Waals surface area contributed by atoms with Crippen LogP contribution in [-0.2, 0) is 11.2 Å². The van der Waals surface area contributed by atoms with E-state index in [1.807, 2.05) is 54.1 Å². The van der Waals surface area contributed by atoms with Crippen molar-refractivity contribution in [2.45, 2.75) is 17.7 Å². The van der Waals surface area contributed by atoms with Gasteiger partial charge in [-0.3, -0.25) is 9.59 Å². The summed E-state index contributed by atoms with van der Waals surface area (Å²) in [6, 6.07) is 11.4. The minimum atomic E-state index is -0.0918. The molecule has 25 heavy (non-hydrogen) atoms. The number of aryl methyl sites for hydroxylation is 1. The molecular weight excluding hydrogens is 372 g/mol. The molecule has 0 saturated carbocycles. The first-order valence-corrected chi connectivity index (χ1v) is 10.4. The van der Waals surface area contributed by atoms with E-state index >= 15 is 0 Å². The quantitative estimate of drug-likeness (QED) is 0.472. The third-order valence-corrected chi connectivity index (χ3v) is 6.39. The SMILES string of the molecule is Cc1ccccc1NC(=O)Cc1csc(SCC(=O)c2cccs2)n1. The molecule has 128 valence electrons. The lowest BCUT2D eigenvalue weighted by molar-refractivity contribution is -0.115. The van der Waals surface area contributed by atoms with Crippen molar-refractivity contribution >= 4 is 51.8 Å². The molecule has 1 aromatic carbocycles. The fraction of sp³-hybridized carbons (Fsp3) is 0.167. The molecule has 0 radical (unpaired) electrons. The van der Waals surface area contributed by atoms with Crippen LogP contribution in [0.3, 0.4) is 0 Å². The monoisotopic (exact) mass is 388 g/mol. The van der Waals surface area contributed by atoms with Crippen LogP contribution < -0.4 is 5.32 Å². The van der Waals surface area contributed by atoms with Crippen molar-refractivity contribution in [3.05, 3.63) is 63.3 Å². The number of carbonyl (C=O) groups excluding carboxylic acids is 2. The molecule has 0 bridgehead atoms. The molecule has 4 nitrogen and oxygen atoms in total. The number of carbonyl (C=O) groups is 2. The predicted molar refractivity (Wildman–Crippen MR) is 105 cm³/mol. The van der Waals surface area contributed by atoms with Crippen molar-refractivity contribution in [2.24, 2.45) is 0 Å². The first kappa shape index (κ1) is 17.8. The van der Waals surface area contributed by atoms with Gasteiger partial charge in [-0.15, -0.1) is 22.7 Å². The summed E-state index contributed by atoms with van der Waals surface area (Å²) in [6.07, 6.45) is 0.226. The predicted octanol–water partition coefficient (Wildman–Crippen LogP) is 4.67. The lowest BCUT2D eigenvalue weighted by atomic mass is 10.2. The molecule has 0 saturated heterocycles. The van der Waals surface area contributed by atoms with Gasteiger partial charge >= 0.3 is 0 Å². The number of amides is 1. The molecule has 2 heterocycles. The van der Waals surface area contributed by atoms with Crippen molar-refractivity contribution in [3.8, 4) is 0 Å². The Kier molecular flexibility index (Phi) is 6.01. The first-order chi connectivity index (χ1) is 12.1. The molecule has 2 aromatic heterocycles. The van der Waals surface area contributed by atoms with Crippen LogP contribution in [0.1, 0.15) is 20.9 Å². The molecule has 0 atom stereocenters. The number of aromatic nitrogens is 1. The lowest BCUT2D eigenvalue weighted by Gasteiger charge is -2.06. The van der Waals surface area contributed by atoms with Crippen LogP contribution in [0.4, 0.5) is 5.69 Å². The fourth-order valence-corrected chi connectivity index (χ4v) is 4.63. The van der Waals surface area contributed by atoms with Gasteiger partial charge < -0.3 is 5.32 Å². The maximum atomic E-state index is 12.2. The molecule has 0 aliphatic rings. The summed E-state index contributed by atoms with van der Waals surface area (Å²) in [7, 11) is 0. The summed E-state index contributed by atoms with van der Waals surface area (Å²) in [6.45, 7) is 1.96. The highest BCUT2D eigenvalue weighted by Crippen LogP contribution is 2.25. The third kappa shape index (κ3) is 5.01. The number of thiazole rings is 1. The number of benzene rings is 1. The average molecular weight is 389 g/mol. The number of hydrogen-bond donors (Lipinski definition) is 1. The molecule has 0 aliphatic carbocycles. The van der Waals surface area contributed by atoms with Crippen LogP contribution >= 0.6 is 34.4 Å². The minimum Gasteiger partial charge on any atom is -0.326 e. The van der Waals surface area contributed by atoms with E-state index in [0.29, 0.717) is 5.75 Å². The van der Waals surface area contributed by atoms with Gasteiger partial charge in [0.15, 0.2) is 10.1 Å².